The second-order valence-electron chi connectivity index (χ2n) is 6.10. The molecule has 0 radical (unpaired) electrons. The zero-order valence-corrected chi connectivity index (χ0v) is 12.7. The lowest BCUT2D eigenvalue weighted by molar-refractivity contribution is -0.237. The number of alkyl halides is 3. The number of piperidine rings is 1. The highest BCUT2D eigenvalue weighted by atomic mass is 32.1. The Bertz CT molecular complexity index is 530. The number of carbonyl (C=O) groups is 1. The SMILES string of the molecule is O=C(CN1CC[C@H](C(F)(F)F)C2(CCC2)C1)Nc1nncs1. The molecular formula is C13H17F3N4OS. The van der Waals surface area contributed by atoms with E-state index in [1.807, 2.05) is 4.90 Å². The van der Waals surface area contributed by atoms with Gasteiger partial charge in [0.25, 0.3) is 0 Å². The second kappa shape index (κ2) is 5.77. The average molecular weight is 334 g/mol. The molecule has 0 unspecified atom stereocenters. The van der Waals surface area contributed by atoms with Crippen LogP contribution >= 0.6 is 11.3 Å². The summed E-state index contributed by atoms with van der Waals surface area (Å²) in [6.07, 6.45) is -2.01. The van der Waals surface area contributed by atoms with Crippen LogP contribution in [-0.2, 0) is 4.79 Å². The van der Waals surface area contributed by atoms with E-state index >= 15 is 0 Å². The molecule has 1 amide bonds. The lowest BCUT2D eigenvalue weighted by atomic mass is 9.58. The van der Waals surface area contributed by atoms with Gasteiger partial charge in [0.2, 0.25) is 11.0 Å². The number of anilines is 1. The number of hydrogen-bond acceptors (Lipinski definition) is 5. The minimum atomic E-state index is -4.14. The van der Waals surface area contributed by atoms with Gasteiger partial charge in [-0.2, -0.15) is 13.2 Å². The van der Waals surface area contributed by atoms with E-state index in [0.29, 0.717) is 31.1 Å². The van der Waals surface area contributed by atoms with Gasteiger partial charge in [0.15, 0.2) is 0 Å². The van der Waals surface area contributed by atoms with Gasteiger partial charge in [-0.3, -0.25) is 15.0 Å². The van der Waals surface area contributed by atoms with E-state index in [2.05, 4.69) is 15.5 Å². The second-order valence-corrected chi connectivity index (χ2v) is 6.93. The molecule has 1 atom stereocenters. The number of nitrogens with zero attached hydrogens (tertiary/aromatic N) is 3. The van der Waals surface area contributed by atoms with Crippen molar-refractivity contribution in [3.8, 4) is 0 Å². The van der Waals surface area contributed by atoms with Crippen LogP contribution in [0.5, 0.6) is 0 Å². The normalized spacial score (nSPS) is 25.0. The topological polar surface area (TPSA) is 58.1 Å². The maximum Gasteiger partial charge on any atom is 0.392 e. The van der Waals surface area contributed by atoms with E-state index in [1.54, 1.807) is 0 Å². The van der Waals surface area contributed by atoms with E-state index < -0.39 is 17.5 Å². The van der Waals surface area contributed by atoms with Gasteiger partial charge in [0.05, 0.1) is 12.5 Å². The number of aromatic nitrogens is 2. The lowest BCUT2D eigenvalue weighted by Crippen LogP contribution is -2.57. The highest BCUT2D eigenvalue weighted by Gasteiger charge is 2.57. The number of halogens is 3. The van der Waals surface area contributed by atoms with Crippen molar-refractivity contribution in [1.29, 1.82) is 0 Å². The number of likely N-dealkylation sites (tertiary alicyclic amines) is 1. The first kappa shape index (κ1) is 15.7. The molecule has 0 aromatic carbocycles. The highest BCUT2D eigenvalue weighted by Crippen LogP contribution is 2.56. The van der Waals surface area contributed by atoms with Crippen LogP contribution < -0.4 is 5.32 Å². The molecule has 1 aliphatic heterocycles. The van der Waals surface area contributed by atoms with Gasteiger partial charge in [-0.15, -0.1) is 10.2 Å². The fourth-order valence-electron chi connectivity index (χ4n) is 3.63. The average Bonchev–Trinajstić information content (AvgIpc) is 2.88. The molecule has 2 heterocycles. The van der Waals surface area contributed by atoms with Crippen molar-refractivity contribution in [3.05, 3.63) is 5.51 Å². The molecule has 1 saturated heterocycles. The number of hydrogen-bond donors (Lipinski definition) is 1. The molecule has 2 aliphatic rings. The first-order valence-corrected chi connectivity index (χ1v) is 8.12. The van der Waals surface area contributed by atoms with E-state index in [0.717, 1.165) is 6.42 Å². The summed E-state index contributed by atoms with van der Waals surface area (Å²) in [6, 6.07) is 0. The predicted octanol–water partition coefficient (Wildman–Crippen LogP) is 2.53. The van der Waals surface area contributed by atoms with Crippen molar-refractivity contribution in [2.24, 2.45) is 11.3 Å². The summed E-state index contributed by atoms with van der Waals surface area (Å²) in [5, 5.41) is 10.4. The smallest absolute Gasteiger partial charge is 0.299 e. The fraction of sp³-hybridized carbons (Fsp3) is 0.769. The summed E-state index contributed by atoms with van der Waals surface area (Å²) in [5.74, 6) is -1.48. The molecule has 22 heavy (non-hydrogen) atoms. The van der Waals surface area contributed by atoms with Crippen LogP contribution in [0.15, 0.2) is 5.51 Å². The van der Waals surface area contributed by atoms with E-state index in [1.165, 1.54) is 16.8 Å². The number of nitrogens with one attached hydrogen (secondary N) is 1. The summed E-state index contributed by atoms with van der Waals surface area (Å²) in [5.41, 5.74) is 0.827. The maximum absolute atomic E-state index is 13.2. The lowest BCUT2D eigenvalue weighted by Gasteiger charge is -2.54. The summed E-state index contributed by atoms with van der Waals surface area (Å²) in [7, 11) is 0. The third-order valence-electron chi connectivity index (χ3n) is 4.73. The molecular weight excluding hydrogens is 317 g/mol. The van der Waals surface area contributed by atoms with Crippen LogP contribution in [0.2, 0.25) is 0 Å². The van der Waals surface area contributed by atoms with E-state index in [-0.39, 0.29) is 18.9 Å². The van der Waals surface area contributed by atoms with Crippen molar-refractivity contribution >= 4 is 22.4 Å². The Morgan fingerprint density at radius 2 is 2.27 bits per heavy atom. The predicted molar refractivity (Wildman–Crippen MR) is 75.4 cm³/mol. The molecule has 1 N–H and O–H groups in total. The minimum absolute atomic E-state index is 0.0790. The first-order valence-electron chi connectivity index (χ1n) is 7.24. The standard InChI is InChI=1S/C13H17F3N4OS/c14-13(15,16)9-2-5-20(7-12(9)3-1-4-12)6-10(21)18-11-19-17-8-22-11/h8-9H,1-7H2,(H,18,19,21)/t9-/m0/s1. The largest absolute Gasteiger partial charge is 0.392 e. The Labute approximate surface area is 129 Å². The molecule has 9 heteroatoms. The van der Waals surface area contributed by atoms with Crippen molar-refractivity contribution in [3.63, 3.8) is 0 Å². The van der Waals surface area contributed by atoms with Crippen LogP contribution in [0.4, 0.5) is 18.3 Å². The Kier molecular flexibility index (Phi) is 4.11. The van der Waals surface area contributed by atoms with Crippen molar-refractivity contribution in [2.45, 2.75) is 31.9 Å². The van der Waals surface area contributed by atoms with Gasteiger partial charge in [0, 0.05) is 6.54 Å². The summed E-state index contributed by atoms with van der Waals surface area (Å²) < 4.78 is 39.6. The summed E-state index contributed by atoms with van der Waals surface area (Å²) in [4.78, 5) is 13.8. The fourth-order valence-corrected chi connectivity index (χ4v) is 4.09. The monoisotopic (exact) mass is 334 g/mol. The van der Waals surface area contributed by atoms with E-state index in [9.17, 15) is 18.0 Å². The van der Waals surface area contributed by atoms with Gasteiger partial charge in [-0.25, -0.2) is 0 Å². The van der Waals surface area contributed by atoms with Crippen LogP contribution in [0.1, 0.15) is 25.7 Å². The van der Waals surface area contributed by atoms with E-state index in [4.69, 9.17) is 0 Å². The molecule has 0 bridgehead atoms. The molecule has 5 nitrogen and oxygen atoms in total. The quantitative estimate of drug-likeness (QED) is 0.923. The van der Waals surface area contributed by atoms with Crippen LogP contribution in [0.25, 0.3) is 0 Å². The molecule has 1 saturated carbocycles. The van der Waals surface area contributed by atoms with Crippen molar-refractivity contribution < 1.29 is 18.0 Å². The number of rotatable bonds is 3. The number of amides is 1. The molecule has 1 aromatic rings. The van der Waals surface area contributed by atoms with Crippen LogP contribution in [0, 0.1) is 11.3 Å². The zero-order valence-electron chi connectivity index (χ0n) is 11.9. The molecule has 3 rings (SSSR count). The minimum Gasteiger partial charge on any atom is -0.299 e. The summed E-state index contributed by atoms with van der Waals surface area (Å²) in [6.45, 7) is 0.752. The Hall–Kier alpha value is -1.22. The van der Waals surface area contributed by atoms with Crippen LogP contribution in [0.3, 0.4) is 0 Å². The number of carbonyl (C=O) groups excluding carboxylic acids is 1. The molecule has 1 aliphatic carbocycles. The van der Waals surface area contributed by atoms with Crippen molar-refractivity contribution in [1.82, 2.24) is 15.1 Å². The molecule has 2 fully saturated rings. The van der Waals surface area contributed by atoms with Gasteiger partial charge >= 0.3 is 6.18 Å². The Morgan fingerprint density at radius 1 is 1.50 bits per heavy atom. The third-order valence-corrected chi connectivity index (χ3v) is 5.34. The first-order chi connectivity index (χ1) is 10.4. The van der Waals surface area contributed by atoms with Gasteiger partial charge in [0.1, 0.15) is 5.51 Å². The molecule has 1 spiro atoms. The maximum atomic E-state index is 13.2. The van der Waals surface area contributed by atoms with Gasteiger partial charge in [-0.1, -0.05) is 17.8 Å². The molecule has 1 aromatic heterocycles. The highest BCUT2D eigenvalue weighted by molar-refractivity contribution is 7.13. The van der Waals surface area contributed by atoms with Crippen LogP contribution in [-0.4, -0.2) is 46.8 Å². The Morgan fingerprint density at radius 3 is 2.82 bits per heavy atom. The summed E-state index contributed by atoms with van der Waals surface area (Å²) >= 11 is 1.21. The van der Waals surface area contributed by atoms with Gasteiger partial charge < -0.3 is 0 Å². The van der Waals surface area contributed by atoms with Gasteiger partial charge in [-0.05, 0) is 31.2 Å². The Balaban J connectivity index is 1.59. The van der Waals surface area contributed by atoms with Crippen molar-refractivity contribution in [2.75, 3.05) is 25.0 Å². The third kappa shape index (κ3) is 3.10. The molecule has 122 valence electrons. The zero-order chi connectivity index (χ0) is 15.8.